The van der Waals surface area contributed by atoms with E-state index in [1.807, 2.05) is 20.8 Å². The number of nitrogens with one attached hydrogen (secondary N) is 2. The van der Waals surface area contributed by atoms with Gasteiger partial charge in [0.2, 0.25) is 0 Å². The van der Waals surface area contributed by atoms with E-state index in [1.54, 1.807) is 12.1 Å². The van der Waals surface area contributed by atoms with Crippen LogP contribution in [0.2, 0.25) is 0 Å². The normalized spacial score (nSPS) is 10.6. The maximum atomic E-state index is 13.7. The van der Waals surface area contributed by atoms with Crippen LogP contribution in [0.15, 0.2) is 42.6 Å². The average molecular weight is 385 g/mol. The van der Waals surface area contributed by atoms with Crippen LogP contribution in [0.4, 0.5) is 30.4 Å². The van der Waals surface area contributed by atoms with Crippen LogP contribution in [0.5, 0.6) is 0 Å². The molecule has 2 aromatic carbocycles. The van der Waals surface area contributed by atoms with Crippen molar-refractivity contribution in [2.75, 3.05) is 10.6 Å². The van der Waals surface area contributed by atoms with Crippen molar-refractivity contribution in [3.8, 4) is 0 Å². The van der Waals surface area contributed by atoms with Crippen LogP contribution in [-0.2, 0) is 0 Å². The first-order valence-electron chi connectivity index (χ1n) is 8.52. The highest BCUT2D eigenvalue weighted by Gasteiger charge is 2.19. The van der Waals surface area contributed by atoms with Crippen molar-refractivity contribution in [2.24, 2.45) is 0 Å². The van der Waals surface area contributed by atoms with E-state index in [9.17, 15) is 18.0 Å². The number of pyridine rings is 1. The number of hydrogen-bond acceptors (Lipinski definition) is 3. The van der Waals surface area contributed by atoms with Gasteiger partial charge in [0.1, 0.15) is 5.82 Å². The van der Waals surface area contributed by atoms with Crippen molar-refractivity contribution < 1.29 is 18.0 Å². The van der Waals surface area contributed by atoms with E-state index < -0.39 is 28.9 Å². The third-order valence-corrected chi connectivity index (χ3v) is 4.23. The number of rotatable bonds is 4. The summed E-state index contributed by atoms with van der Waals surface area (Å²) in [4.78, 5) is 16.3. The third kappa shape index (κ3) is 3.98. The molecule has 0 aliphatic carbocycles. The fourth-order valence-corrected chi connectivity index (χ4v) is 2.95. The van der Waals surface area contributed by atoms with Crippen LogP contribution in [-0.4, -0.2) is 10.9 Å². The van der Waals surface area contributed by atoms with E-state index >= 15 is 0 Å². The first-order valence-corrected chi connectivity index (χ1v) is 8.52. The van der Waals surface area contributed by atoms with Gasteiger partial charge >= 0.3 is 0 Å². The molecule has 0 aliphatic rings. The summed E-state index contributed by atoms with van der Waals surface area (Å²) >= 11 is 0. The Bertz CT molecular complexity index is 1030. The molecule has 28 heavy (non-hydrogen) atoms. The highest BCUT2D eigenvalue weighted by Crippen LogP contribution is 2.25. The molecule has 7 heteroatoms. The highest BCUT2D eigenvalue weighted by molar-refractivity contribution is 6.04. The monoisotopic (exact) mass is 385 g/mol. The molecule has 4 nitrogen and oxygen atoms in total. The number of carbonyl (C=O) groups is 1. The zero-order chi connectivity index (χ0) is 20.4. The molecule has 2 N–H and O–H groups in total. The first kappa shape index (κ1) is 19.4. The highest BCUT2D eigenvalue weighted by atomic mass is 19.2. The van der Waals surface area contributed by atoms with Crippen LogP contribution in [0, 0.1) is 38.2 Å². The van der Waals surface area contributed by atoms with E-state index in [1.165, 1.54) is 6.20 Å². The SMILES string of the molecule is Cc1cc(C)c(Nc2ccc(NC(=O)c3ccc(F)c(F)c3F)cn2)c(C)c1. The first-order chi connectivity index (χ1) is 13.3. The van der Waals surface area contributed by atoms with Gasteiger partial charge in [0.05, 0.1) is 17.4 Å². The van der Waals surface area contributed by atoms with Crippen molar-refractivity contribution in [2.45, 2.75) is 20.8 Å². The average Bonchev–Trinajstić information content (AvgIpc) is 2.64. The summed E-state index contributed by atoms with van der Waals surface area (Å²) in [5.74, 6) is -4.91. The van der Waals surface area contributed by atoms with E-state index in [2.05, 4.69) is 27.8 Å². The lowest BCUT2D eigenvalue weighted by molar-refractivity contribution is 0.102. The Morgan fingerprint density at radius 3 is 2.21 bits per heavy atom. The maximum Gasteiger partial charge on any atom is 0.258 e. The van der Waals surface area contributed by atoms with Crippen molar-refractivity contribution in [1.29, 1.82) is 0 Å². The molecular weight excluding hydrogens is 367 g/mol. The van der Waals surface area contributed by atoms with E-state index in [4.69, 9.17) is 0 Å². The van der Waals surface area contributed by atoms with Gasteiger partial charge in [0, 0.05) is 5.69 Å². The van der Waals surface area contributed by atoms with Crippen LogP contribution < -0.4 is 10.6 Å². The molecular formula is C21H18F3N3O. The molecule has 1 amide bonds. The van der Waals surface area contributed by atoms with Gasteiger partial charge in [-0.2, -0.15) is 0 Å². The minimum atomic E-state index is -1.69. The number of nitrogens with zero attached hydrogens (tertiary/aromatic N) is 1. The van der Waals surface area contributed by atoms with Gasteiger partial charge < -0.3 is 10.6 Å². The second-order valence-electron chi connectivity index (χ2n) is 6.51. The molecule has 0 fully saturated rings. The molecule has 3 rings (SSSR count). The smallest absolute Gasteiger partial charge is 0.258 e. The maximum absolute atomic E-state index is 13.7. The van der Waals surface area contributed by atoms with Gasteiger partial charge in [-0.15, -0.1) is 0 Å². The number of halogens is 3. The molecule has 0 unspecified atom stereocenters. The molecule has 1 heterocycles. The summed E-state index contributed by atoms with van der Waals surface area (Å²) in [6.07, 6.45) is 1.39. The number of anilines is 3. The Balaban J connectivity index is 1.75. The number of aromatic nitrogens is 1. The largest absolute Gasteiger partial charge is 0.340 e. The zero-order valence-corrected chi connectivity index (χ0v) is 15.5. The molecule has 0 saturated heterocycles. The van der Waals surface area contributed by atoms with Crippen molar-refractivity contribution in [3.05, 3.63) is 82.3 Å². The Kier molecular flexibility index (Phi) is 5.35. The number of hydrogen-bond donors (Lipinski definition) is 2. The van der Waals surface area contributed by atoms with Crippen LogP contribution in [0.3, 0.4) is 0 Å². The number of benzene rings is 2. The lowest BCUT2D eigenvalue weighted by atomic mass is 10.1. The standard InChI is InChI=1S/C21H18F3N3O/c1-11-8-12(2)20(13(3)9-11)27-17-7-4-14(10-25-17)26-21(28)15-5-6-16(22)19(24)18(15)23/h4-10H,1-3H3,(H,25,27)(H,26,28). The van der Waals surface area contributed by atoms with Crippen molar-refractivity contribution in [3.63, 3.8) is 0 Å². The second kappa shape index (κ2) is 7.72. The van der Waals surface area contributed by atoms with Gasteiger partial charge in [-0.25, -0.2) is 18.2 Å². The summed E-state index contributed by atoms with van der Waals surface area (Å²) in [6, 6.07) is 8.92. The summed E-state index contributed by atoms with van der Waals surface area (Å²) in [7, 11) is 0. The number of aryl methyl sites for hydroxylation is 3. The topological polar surface area (TPSA) is 54.0 Å². The quantitative estimate of drug-likeness (QED) is 0.590. The summed E-state index contributed by atoms with van der Waals surface area (Å²) in [5, 5.41) is 5.64. The molecule has 3 aromatic rings. The predicted octanol–water partition coefficient (Wildman–Crippen LogP) is 5.42. The molecule has 0 saturated carbocycles. The number of carbonyl (C=O) groups excluding carboxylic acids is 1. The van der Waals surface area contributed by atoms with E-state index in [0.717, 1.165) is 28.4 Å². The minimum absolute atomic E-state index is 0.289. The zero-order valence-electron chi connectivity index (χ0n) is 15.5. The van der Waals surface area contributed by atoms with Gasteiger partial charge in [-0.05, 0) is 56.2 Å². The van der Waals surface area contributed by atoms with Gasteiger partial charge in [0.25, 0.3) is 5.91 Å². The predicted molar refractivity (Wildman–Crippen MR) is 102 cm³/mol. The molecule has 0 atom stereocenters. The van der Waals surface area contributed by atoms with E-state index in [-0.39, 0.29) is 5.69 Å². The lowest BCUT2D eigenvalue weighted by Gasteiger charge is -2.14. The summed E-state index contributed by atoms with van der Waals surface area (Å²) in [6.45, 7) is 6.01. The summed E-state index contributed by atoms with van der Waals surface area (Å²) in [5.41, 5.74) is 3.95. The Labute approximate surface area is 160 Å². The van der Waals surface area contributed by atoms with Gasteiger partial charge in [-0.3, -0.25) is 4.79 Å². The molecule has 0 aliphatic heterocycles. The third-order valence-electron chi connectivity index (χ3n) is 4.23. The van der Waals surface area contributed by atoms with Gasteiger partial charge in [-0.1, -0.05) is 17.7 Å². The summed E-state index contributed by atoms with van der Waals surface area (Å²) < 4.78 is 40.0. The molecule has 144 valence electrons. The lowest BCUT2D eigenvalue weighted by Crippen LogP contribution is -2.15. The molecule has 0 spiro atoms. The molecule has 1 aromatic heterocycles. The van der Waals surface area contributed by atoms with Crippen molar-refractivity contribution >= 4 is 23.1 Å². The van der Waals surface area contributed by atoms with Crippen LogP contribution >= 0.6 is 0 Å². The Morgan fingerprint density at radius 1 is 0.929 bits per heavy atom. The molecule has 0 bridgehead atoms. The minimum Gasteiger partial charge on any atom is -0.340 e. The van der Waals surface area contributed by atoms with Crippen LogP contribution in [0.1, 0.15) is 27.0 Å². The van der Waals surface area contributed by atoms with Crippen LogP contribution in [0.25, 0.3) is 0 Å². The number of amides is 1. The van der Waals surface area contributed by atoms with E-state index in [0.29, 0.717) is 11.9 Å². The fourth-order valence-electron chi connectivity index (χ4n) is 2.95. The Morgan fingerprint density at radius 2 is 1.61 bits per heavy atom. The van der Waals surface area contributed by atoms with Crippen molar-refractivity contribution in [1.82, 2.24) is 4.98 Å². The van der Waals surface area contributed by atoms with Gasteiger partial charge in [0.15, 0.2) is 17.5 Å². The second-order valence-corrected chi connectivity index (χ2v) is 6.51. The Hall–Kier alpha value is -3.35. The molecule has 0 radical (unpaired) electrons. The fraction of sp³-hybridized carbons (Fsp3) is 0.143.